The standard InChI is InChI=1S/C20H20N4O2/c21-15-6-11-20(19(22)14-15)26-13-12-25-18-9-7-17(8-10-18)24-23-16-4-2-1-3-5-16/h1-11,14H,12-13,21-22H2/b24-23+. The third kappa shape index (κ3) is 4.98. The summed E-state index contributed by atoms with van der Waals surface area (Å²) in [4.78, 5) is 0. The van der Waals surface area contributed by atoms with Crippen LogP contribution < -0.4 is 20.9 Å². The normalized spacial score (nSPS) is 10.8. The topological polar surface area (TPSA) is 95.2 Å². The van der Waals surface area contributed by atoms with Crippen molar-refractivity contribution in [2.45, 2.75) is 0 Å². The summed E-state index contributed by atoms with van der Waals surface area (Å²) >= 11 is 0. The Morgan fingerprint density at radius 1 is 0.692 bits per heavy atom. The lowest BCUT2D eigenvalue weighted by Crippen LogP contribution is -2.10. The van der Waals surface area contributed by atoms with Gasteiger partial charge in [0.15, 0.2) is 0 Å². The lowest BCUT2D eigenvalue weighted by Gasteiger charge is -2.10. The molecule has 4 N–H and O–H groups in total. The SMILES string of the molecule is Nc1ccc(OCCOc2ccc(/N=N/c3ccccc3)cc2)c(N)c1. The molecule has 0 radical (unpaired) electrons. The Labute approximate surface area is 152 Å². The van der Waals surface area contributed by atoms with Crippen LogP contribution in [0.1, 0.15) is 0 Å². The van der Waals surface area contributed by atoms with E-state index in [2.05, 4.69) is 10.2 Å². The number of hydrogen-bond donors (Lipinski definition) is 2. The molecule has 0 aliphatic heterocycles. The first kappa shape index (κ1) is 17.3. The largest absolute Gasteiger partial charge is 0.490 e. The zero-order valence-corrected chi connectivity index (χ0v) is 14.2. The fourth-order valence-electron chi connectivity index (χ4n) is 2.23. The maximum atomic E-state index is 5.84. The Morgan fingerprint density at radius 3 is 2.04 bits per heavy atom. The van der Waals surface area contributed by atoms with E-state index in [1.165, 1.54) is 0 Å². The minimum atomic E-state index is 0.379. The van der Waals surface area contributed by atoms with Crippen molar-refractivity contribution in [2.75, 3.05) is 24.7 Å². The molecule has 3 rings (SSSR count). The van der Waals surface area contributed by atoms with Gasteiger partial charge in [-0.2, -0.15) is 10.2 Å². The number of benzene rings is 3. The molecular weight excluding hydrogens is 328 g/mol. The van der Waals surface area contributed by atoms with Crippen LogP contribution in [0.2, 0.25) is 0 Å². The Kier molecular flexibility index (Phi) is 5.67. The molecule has 0 amide bonds. The summed E-state index contributed by atoms with van der Waals surface area (Å²) in [5, 5.41) is 8.36. The van der Waals surface area contributed by atoms with Gasteiger partial charge in [-0.3, -0.25) is 0 Å². The predicted molar refractivity (Wildman–Crippen MR) is 103 cm³/mol. The zero-order valence-electron chi connectivity index (χ0n) is 14.2. The lowest BCUT2D eigenvalue weighted by molar-refractivity contribution is 0.218. The molecule has 26 heavy (non-hydrogen) atoms. The Bertz CT molecular complexity index is 865. The monoisotopic (exact) mass is 348 g/mol. The fraction of sp³-hybridized carbons (Fsp3) is 0.100. The van der Waals surface area contributed by atoms with Crippen LogP contribution in [0.25, 0.3) is 0 Å². The summed E-state index contributed by atoms with van der Waals surface area (Å²) in [5.74, 6) is 1.33. The van der Waals surface area contributed by atoms with Crippen LogP contribution in [-0.4, -0.2) is 13.2 Å². The molecule has 3 aromatic carbocycles. The summed E-state index contributed by atoms with van der Waals surface area (Å²) in [6.45, 7) is 0.776. The van der Waals surface area contributed by atoms with E-state index >= 15 is 0 Å². The lowest BCUT2D eigenvalue weighted by atomic mass is 10.2. The molecule has 0 unspecified atom stereocenters. The molecule has 0 saturated carbocycles. The van der Waals surface area contributed by atoms with Crippen molar-refractivity contribution in [1.29, 1.82) is 0 Å². The Balaban J connectivity index is 1.46. The summed E-state index contributed by atoms with van der Waals surface area (Å²) in [6, 6.07) is 22.1. The van der Waals surface area contributed by atoms with Crippen molar-refractivity contribution >= 4 is 22.7 Å². The maximum Gasteiger partial charge on any atom is 0.142 e. The number of anilines is 2. The highest BCUT2D eigenvalue weighted by molar-refractivity contribution is 5.60. The van der Waals surface area contributed by atoms with E-state index in [0.29, 0.717) is 30.3 Å². The molecule has 0 fully saturated rings. The van der Waals surface area contributed by atoms with Gasteiger partial charge in [-0.05, 0) is 54.6 Å². The van der Waals surface area contributed by atoms with Gasteiger partial charge in [0, 0.05) is 5.69 Å². The molecule has 0 aromatic heterocycles. The first-order valence-electron chi connectivity index (χ1n) is 8.18. The van der Waals surface area contributed by atoms with Crippen molar-refractivity contribution in [3.05, 3.63) is 72.8 Å². The number of nitrogens with zero attached hydrogens (tertiary/aromatic N) is 2. The van der Waals surface area contributed by atoms with Crippen molar-refractivity contribution < 1.29 is 9.47 Å². The fourth-order valence-corrected chi connectivity index (χ4v) is 2.23. The third-order valence-corrected chi connectivity index (χ3v) is 3.52. The molecule has 6 nitrogen and oxygen atoms in total. The first-order chi connectivity index (χ1) is 12.7. The number of ether oxygens (including phenoxy) is 2. The summed E-state index contributed by atoms with van der Waals surface area (Å²) in [5.41, 5.74) is 14.2. The average molecular weight is 348 g/mol. The van der Waals surface area contributed by atoms with E-state index in [1.807, 2.05) is 54.6 Å². The minimum Gasteiger partial charge on any atom is -0.490 e. The van der Waals surface area contributed by atoms with Gasteiger partial charge in [0.25, 0.3) is 0 Å². The van der Waals surface area contributed by atoms with Crippen LogP contribution in [0.4, 0.5) is 22.7 Å². The van der Waals surface area contributed by atoms with Gasteiger partial charge >= 0.3 is 0 Å². The molecular formula is C20H20N4O2. The smallest absolute Gasteiger partial charge is 0.142 e. The van der Waals surface area contributed by atoms with Crippen LogP contribution in [0.5, 0.6) is 11.5 Å². The van der Waals surface area contributed by atoms with Crippen LogP contribution in [0.3, 0.4) is 0 Å². The van der Waals surface area contributed by atoms with Crippen molar-refractivity contribution in [1.82, 2.24) is 0 Å². The van der Waals surface area contributed by atoms with Crippen molar-refractivity contribution in [3.63, 3.8) is 0 Å². The molecule has 0 bridgehead atoms. The van der Waals surface area contributed by atoms with Crippen LogP contribution in [0.15, 0.2) is 83.0 Å². The van der Waals surface area contributed by atoms with Gasteiger partial charge in [-0.1, -0.05) is 18.2 Å². The number of hydrogen-bond acceptors (Lipinski definition) is 6. The second kappa shape index (κ2) is 8.53. The molecule has 0 aliphatic carbocycles. The number of azo groups is 1. The average Bonchev–Trinajstić information content (AvgIpc) is 2.67. The van der Waals surface area contributed by atoms with Gasteiger partial charge in [-0.25, -0.2) is 0 Å². The van der Waals surface area contributed by atoms with Crippen LogP contribution in [-0.2, 0) is 0 Å². The van der Waals surface area contributed by atoms with E-state index in [0.717, 1.165) is 17.1 Å². The van der Waals surface area contributed by atoms with E-state index < -0.39 is 0 Å². The van der Waals surface area contributed by atoms with Crippen LogP contribution >= 0.6 is 0 Å². The van der Waals surface area contributed by atoms with Crippen LogP contribution in [0, 0.1) is 0 Å². The quantitative estimate of drug-likeness (QED) is 0.367. The molecule has 0 heterocycles. The molecule has 0 saturated heterocycles. The Hall–Kier alpha value is -3.54. The number of nitrogen functional groups attached to an aromatic ring is 2. The van der Waals surface area contributed by atoms with Gasteiger partial charge < -0.3 is 20.9 Å². The third-order valence-electron chi connectivity index (χ3n) is 3.52. The van der Waals surface area contributed by atoms with E-state index in [1.54, 1.807) is 18.2 Å². The van der Waals surface area contributed by atoms with Gasteiger partial charge in [-0.15, -0.1) is 0 Å². The highest BCUT2D eigenvalue weighted by Gasteiger charge is 2.01. The molecule has 0 atom stereocenters. The number of nitrogens with two attached hydrogens (primary N) is 2. The van der Waals surface area contributed by atoms with E-state index in [9.17, 15) is 0 Å². The van der Waals surface area contributed by atoms with Crippen molar-refractivity contribution in [3.8, 4) is 11.5 Å². The number of rotatable bonds is 7. The molecule has 3 aromatic rings. The van der Waals surface area contributed by atoms with Gasteiger partial charge in [0.1, 0.15) is 24.7 Å². The zero-order chi connectivity index (χ0) is 18.2. The summed E-state index contributed by atoms with van der Waals surface area (Å²) in [7, 11) is 0. The first-order valence-corrected chi connectivity index (χ1v) is 8.18. The van der Waals surface area contributed by atoms with Gasteiger partial charge in [0.05, 0.1) is 17.1 Å². The van der Waals surface area contributed by atoms with E-state index in [4.69, 9.17) is 20.9 Å². The molecule has 0 aliphatic rings. The van der Waals surface area contributed by atoms with Crippen molar-refractivity contribution in [2.24, 2.45) is 10.2 Å². The second-order valence-corrected chi connectivity index (χ2v) is 5.52. The van der Waals surface area contributed by atoms with E-state index in [-0.39, 0.29) is 0 Å². The Morgan fingerprint density at radius 2 is 1.35 bits per heavy atom. The summed E-state index contributed by atoms with van der Waals surface area (Å²) < 4.78 is 11.2. The van der Waals surface area contributed by atoms with Gasteiger partial charge in [0.2, 0.25) is 0 Å². The predicted octanol–water partition coefficient (Wildman–Crippen LogP) is 4.72. The highest BCUT2D eigenvalue weighted by Crippen LogP contribution is 2.24. The maximum absolute atomic E-state index is 5.84. The summed E-state index contributed by atoms with van der Waals surface area (Å²) in [6.07, 6.45) is 0. The minimum absolute atomic E-state index is 0.379. The molecule has 6 heteroatoms. The molecule has 132 valence electrons. The highest BCUT2D eigenvalue weighted by atomic mass is 16.5. The second-order valence-electron chi connectivity index (χ2n) is 5.52. The molecule has 0 spiro atoms.